The van der Waals surface area contributed by atoms with E-state index in [1.54, 1.807) is 0 Å². The number of hydrogen-bond donors (Lipinski definition) is 1. The molecule has 18 heavy (non-hydrogen) atoms. The molecule has 0 saturated carbocycles. The minimum absolute atomic E-state index is 0.332. The zero-order valence-corrected chi connectivity index (χ0v) is 12.2. The van der Waals surface area contributed by atoms with Crippen LogP contribution in [-0.2, 0) is 4.79 Å². The Morgan fingerprint density at radius 3 is 2.78 bits per heavy atom. The third-order valence-electron chi connectivity index (χ3n) is 3.67. The van der Waals surface area contributed by atoms with Crippen molar-refractivity contribution in [2.75, 3.05) is 40.3 Å². The van der Waals surface area contributed by atoms with Gasteiger partial charge in [-0.15, -0.1) is 0 Å². The molecule has 0 aromatic rings. The number of piperidine rings is 1. The molecular formula is C14H29N3O. The molecule has 1 fully saturated rings. The quantitative estimate of drug-likeness (QED) is 0.697. The summed E-state index contributed by atoms with van der Waals surface area (Å²) >= 11 is 0. The van der Waals surface area contributed by atoms with Crippen LogP contribution in [0.5, 0.6) is 0 Å². The fourth-order valence-electron chi connectivity index (χ4n) is 2.52. The summed E-state index contributed by atoms with van der Waals surface area (Å²) in [4.78, 5) is 16.4. The summed E-state index contributed by atoms with van der Waals surface area (Å²) in [6.07, 6.45) is 5.39. The Morgan fingerprint density at radius 1 is 1.33 bits per heavy atom. The van der Waals surface area contributed by atoms with Crippen LogP contribution < -0.4 is 5.32 Å². The van der Waals surface area contributed by atoms with Crippen molar-refractivity contribution in [3.05, 3.63) is 0 Å². The van der Waals surface area contributed by atoms with Gasteiger partial charge in [0, 0.05) is 38.6 Å². The largest absolute Gasteiger partial charge is 0.340 e. The fourth-order valence-corrected chi connectivity index (χ4v) is 2.52. The molecule has 1 aliphatic rings. The van der Waals surface area contributed by atoms with E-state index >= 15 is 0 Å². The number of nitrogens with zero attached hydrogens (tertiary/aromatic N) is 2. The van der Waals surface area contributed by atoms with Crippen molar-refractivity contribution in [3.63, 3.8) is 0 Å². The minimum atomic E-state index is 0.332. The zero-order chi connectivity index (χ0) is 13.4. The predicted octanol–water partition coefficient (Wildman–Crippen LogP) is 1.32. The molecule has 4 heteroatoms. The number of amides is 1. The Hall–Kier alpha value is -0.610. The van der Waals surface area contributed by atoms with Gasteiger partial charge in [-0.25, -0.2) is 0 Å². The molecule has 0 spiro atoms. The van der Waals surface area contributed by atoms with E-state index in [2.05, 4.69) is 36.1 Å². The number of carbonyl (C=O) groups excluding carboxylic acids is 1. The number of likely N-dealkylation sites (tertiary alicyclic amines) is 1. The molecule has 0 aliphatic carbocycles. The zero-order valence-electron chi connectivity index (χ0n) is 12.2. The maximum atomic E-state index is 12.1. The van der Waals surface area contributed by atoms with Crippen LogP contribution in [0, 0.1) is 0 Å². The van der Waals surface area contributed by atoms with Gasteiger partial charge in [-0.3, -0.25) is 4.79 Å². The number of hydrogen-bond acceptors (Lipinski definition) is 3. The highest BCUT2D eigenvalue weighted by atomic mass is 16.2. The van der Waals surface area contributed by atoms with Gasteiger partial charge in [0.25, 0.3) is 0 Å². The van der Waals surface area contributed by atoms with Crippen molar-refractivity contribution in [1.29, 1.82) is 0 Å². The van der Waals surface area contributed by atoms with Gasteiger partial charge < -0.3 is 15.1 Å². The summed E-state index contributed by atoms with van der Waals surface area (Å²) in [5, 5.41) is 3.33. The maximum absolute atomic E-state index is 12.1. The van der Waals surface area contributed by atoms with Crippen molar-refractivity contribution < 1.29 is 4.79 Å². The number of rotatable bonds is 7. The van der Waals surface area contributed by atoms with Crippen LogP contribution >= 0.6 is 0 Å². The van der Waals surface area contributed by atoms with E-state index < -0.39 is 0 Å². The molecule has 1 saturated heterocycles. The van der Waals surface area contributed by atoms with Crippen molar-refractivity contribution >= 4 is 5.91 Å². The van der Waals surface area contributed by atoms with Gasteiger partial charge in [0.05, 0.1) is 0 Å². The molecule has 1 aliphatic heterocycles. The van der Waals surface area contributed by atoms with E-state index in [-0.39, 0.29) is 0 Å². The lowest BCUT2D eigenvalue weighted by molar-refractivity contribution is -0.134. The Labute approximate surface area is 112 Å². The number of carbonyl (C=O) groups is 1. The molecule has 1 unspecified atom stereocenters. The highest BCUT2D eigenvalue weighted by molar-refractivity contribution is 5.76. The molecule has 1 atom stereocenters. The second-order valence-electron chi connectivity index (χ2n) is 5.45. The SMILES string of the molecule is CCC1CCCCN1C(=O)CCNCCN(C)C. The normalized spacial score (nSPS) is 20.4. The molecule has 106 valence electrons. The van der Waals surface area contributed by atoms with Crippen LogP contribution in [-0.4, -0.2) is 62.0 Å². The van der Waals surface area contributed by atoms with Gasteiger partial charge in [0.1, 0.15) is 0 Å². The molecule has 1 heterocycles. The first kappa shape index (κ1) is 15.4. The summed E-state index contributed by atoms with van der Waals surface area (Å²) in [6, 6.07) is 0.494. The minimum Gasteiger partial charge on any atom is -0.340 e. The van der Waals surface area contributed by atoms with E-state index in [0.717, 1.165) is 32.6 Å². The van der Waals surface area contributed by atoms with Crippen LogP contribution in [0.2, 0.25) is 0 Å². The van der Waals surface area contributed by atoms with E-state index in [1.165, 1.54) is 19.3 Å². The first-order valence-electron chi connectivity index (χ1n) is 7.30. The lowest BCUT2D eigenvalue weighted by Gasteiger charge is -2.35. The molecule has 1 N–H and O–H groups in total. The topological polar surface area (TPSA) is 35.6 Å². The van der Waals surface area contributed by atoms with Gasteiger partial charge >= 0.3 is 0 Å². The van der Waals surface area contributed by atoms with Crippen LogP contribution in [0.3, 0.4) is 0 Å². The molecule has 0 aromatic heterocycles. The molecule has 0 aromatic carbocycles. The monoisotopic (exact) mass is 255 g/mol. The van der Waals surface area contributed by atoms with E-state index in [0.29, 0.717) is 18.4 Å². The van der Waals surface area contributed by atoms with Gasteiger partial charge in [0.2, 0.25) is 5.91 Å². The van der Waals surface area contributed by atoms with Crippen molar-refractivity contribution in [2.45, 2.75) is 45.1 Å². The van der Waals surface area contributed by atoms with Crippen molar-refractivity contribution in [1.82, 2.24) is 15.1 Å². The summed E-state index contributed by atoms with van der Waals surface area (Å²) in [6.45, 7) is 5.94. The second kappa shape index (κ2) is 8.48. The van der Waals surface area contributed by atoms with E-state index in [9.17, 15) is 4.79 Å². The van der Waals surface area contributed by atoms with Crippen LogP contribution in [0.4, 0.5) is 0 Å². The molecule has 0 radical (unpaired) electrons. The maximum Gasteiger partial charge on any atom is 0.224 e. The summed E-state index contributed by atoms with van der Waals surface area (Å²) in [7, 11) is 4.12. The Bertz CT molecular complexity index is 243. The standard InChI is InChI=1S/C14H29N3O/c1-4-13-7-5-6-11-17(13)14(18)8-9-15-10-12-16(2)3/h13,15H,4-12H2,1-3H3. The highest BCUT2D eigenvalue weighted by Crippen LogP contribution is 2.19. The molecule has 1 rings (SSSR count). The average Bonchev–Trinajstić information content (AvgIpc) is 2.37. The first-order chi connectivity index (χ1) is 8.65. The number of likely N-dealkylation sites (N-methyl/N-ethyl adjacent to an activating group) is 1. The predicted molar refractivity (Wildman–Crippen MR) is 75.7 cm³/mol. The van der Waals surface area contributed by atoms with Gasteiger partial charge in [-0.1, -0.05) is 6.92 Å². The Morgan fingerprint density at radius 2 is 2.11 bits per heavy atom. The molecular weight excluding hydrogens is 226 g/mol. The van der Waals surface area contributed by atoms with Crippen LogP contribution in [0.1, 0.15) is 39.0 Å². The third-order valence-corrected chi connectivity index (χ3v) is 3.67. The Kier molecular flexibility index (Phi) is 7.28. The van der Waals surface area contributed by atoms with Gasteiger partial charge in [0.15, 0.2) is 0 Å². The highest BCUT2D eigenvalue weighted by Gasteiger charge is 2.24. The third kappa shape index (κ3) is 5.36. The molecule has 4 nitrogen and oxygen atoms in total. The Balaban J connectivity index is 2.18. The smallest absolute Gasteiger partial charge is 0.224 e. The first-order valence-corrected chi connectivity index (χ1v) is 7.30. The summed E-state index contributed by atoms with van der Waals surface area (Å²) < 4.78 is 0. The summed E-state index contributed by atoms with van der Waals surface area (Å²) in [5.41, 5.74) is 0. The van der Waals surface area contributed by atoms with Crippen LogP contribution in [0.15, 0.2) is 0 Å². The van der Waals surface area contributed by atoms with E-state index in [4.69, 9.17) is 0 Å². The van der Waals surface area contributed by atoms with Gasteiger partial charge in [-0.2, -0.15) is 0 Å². The van der Waals surface area contributed by atoms with Crippen molar-refractivity contribution in [2.24, 2.45) is 0 Å². The van der Waals surface area contributed by atoms with Gasteiger partial charge in [-0.05, 0) is 39.8 Å². The van der Waals surface area contributed by atoms with Crippen LogP contribution in [0.25, 0.3) is 0 Å². The average molecular weight is 255 g/mol. The van der Waals surface area contributed by atoms with E-state index in [1.807, 2.05) is 0 Å². The second-order valence-corrected chi connectivity index (χ2v) is 5.45. The lowest BCUT2D eigenvalue weighted by Crippen LogP contribution is -2.44. The summed E-state index contributed by atoms with van der Waals surface area (Å²) in [5.74, 6) is 0.332. The molecule has 1 amide bonds. The molecule has 0 bridgehead atoms. The number of nitrogens with one attached hydrogen (secondary N) is 1. The lowest BCUT2D eigenvalue weighted by atomic mass is 9.99. The fraction of sp³-hybridized carbons (Fsp3) is 0.929. The van der Waals surface area contributed by atoms with Crippen molar-refractivity contribution in [3.8, 4) is 0 Å².